The van der Waals surface area contributed by atoms with E-state index in [0.29, 0.717) is 18.1 Å². The van der Waals surface area contributed by atoms with E-state index < -0.39 is 17.7 Å². The molecule has 37 heavy (non-hydrogen) atoms. The van der Waals surface area contributed by atoms with Crippen molar-refractivity contribution in [2.75, 3.05) is 6.61 Å². The van der Waals surface area contributed by atoms with Gasteiger partial charge in [-0.25, -0.2) is 0 Å². The van der Waals surface area contributed by atoms with Gasteiger partial charge >= 0.3 is 0 Å². The van der Waals surface area contributed by atoms with Gasteiger partial charge in [-0.05, 0) is 60.4 Å². The molecule has 0 saturated carbocycles. The molecule has 5 rings (SSSR count). The van der Waals surface area contributed by atoms with Crippen LogP contribution in [0.5, 0.6) is 5.75 Å². The molecule has 1 saturated heterocycles. The molecule has 1 unspecified atom stereocenters. The lowest BCUT2D eigenvalue weighted by atomic mass is 9.94. The molecule has 1 aliphatic heterocycles. The highest BCUT2D eigenvalue weighted by atomic mass is 16.5. The van der Waals surface area contributed by atoms with E-state index >= 15 is 0 Å². The number of pyridine rings is 1. The first-order valence-electron chi connectivity index (χ1n) is 12.3. The summed E-state index contributed by atoms with van der Waals surface area (Å²) in [5, 5.41) is 12.4. The summed E-state index contributed by atoms with van der Waals surface area (Å²) in [6.07, 6.45) is 5.11. The van der Waals surface area contributed by atoms with Crippen LogP contribution in [0.3, 0.4) is 0 Å². The number of nitrogens with one attached hydrogen (secondary N) is 1. The number of likely N-dealkylation sites (tertiary alicyclic amines) is 1. The lowest BCUT2D eigenvalue weighted by Crippen LogP contribution is -2.29. The van der Waals surface area contributed by atoms with Crippen LogP contribution in [0.1, 0.15) is 42.1 Å². The van der Waals surface area contributed by atoms with Crippen LogP contribution >= 0.6 is 0 Å². The third kappa shape index (κ3) is 4.60. The molecule has 7 heteroatoms. The number of ketones is 1. The van der Waals surface area contributed by atoms with Gasteiger partial charge < -0.3 is 19.7 Å². The Labute approximate surface area is 215 Å². The Bertz CT molecular complexity index is 1500. The fourth-order valence-electron chi connectivity index (χ4n) is 4.74. The predicted octanol–water partition coefficient (Wildman–Crippen LogP) is 5.53. The number of Topliss-reactive ketones (excluding diaryl/α,β-unsaturated/α-hetero) is 1. The molecule has 7 nitrogen and oxygen atoms in total. The van der Waals surface area contributed by atoms with Crippen molar-refractivity contribution in [1.82, 2.24) is 14.9 Å². The summed E-state index contributed by atoms with van der Waals surface area (Å²) < 4.78 is 5.87. The maximum Gasteiger partial charge on any atom is 0.295 e. The molecule has 0 spiro atoms. The van der Waals surface area contributed by atoms with Gasteiger partial charge in [-0.15, -0.1) is 0 Å². The summed E-state index contributed by atoms with van der Waals surface area (Å²) in [6.45, 7) is 6.82. The third-order valence-electron chi connectivity index (χ3n) is 6.58. The monoisotopic (exact) mass is 495 g/mol. The zero-order valence-electron chi connectivity index (χ0n) is 21.1. The molecule has 3 heterocycles. The second kappa shape index (κ2) is 9.93. The molecule has 0 radical (unpaired) electrons. The Morgan fingerprint density at radius 1 is 1.11 bits per heavy atom. The number of carbonyl (C=O) groups excluding carboxylic acids is 2. The summed E-state index contributed by atoms with van der Waals surface area (Å²) in [6, 6.07) is 15.9. The SMILES string of the molecule is Cc1cc(/C(O)=C2\C(=O)C(=O)N(Cc3ccncc3)C2c2c[nH]c3ccccc23)ccc1OCC(C)C. The average molecular weight is 496 g/mol. The van der Waals surface area contributed by atoms with E-state index in [4.69, 9.17) is 4.74 Å². The Kier molecular flexibility index (Phi) is 6.53. The molecule has 2 aromatic heterocycles. The highest BCUT2D eigenvalue weighted by Gasteiger charge is 2.46. The number of nitrogens with zero attached hydrogens (tertiary/aromatic N) is 2. The van der Waals surface area contributed by atoms with Gasteiger partial charge in [-0.2, -0.15) is 0 Å². The van der Waals surface area contributed by atoms with Crippen LogP contribution in [-0.4, -0.2) is 38.3 Å². The second-order valence-corrected chi connectivity index (χ2v) is 9.76. The first-order valence-corrected chi connectivity index (χ1v) is 12.3. The number of aliphatic hydroxyl groups is 1. The number of benzene rings is 2. The summed E-state index contributed by atoms with van der Waals surface area (Å²) >= 11 is 0. The number of amides is 1. The van der Waals surface area contributed by atoms with Gasteiger partial charge in [0.15, 0.2) is 0 Å². The van der Waals surface area contributed by atoms with Crippen LogP contribution in [-0.2, 0) is 16.1 Å². The van der Waals surface area contributed by atoms with E-state index in [9.17, 15) is 14.7 Å². The summed E-state index contributed by atoms with van der Waals surface area (Å²) in [7, 11) is 0. The Balaban J connectivity index is 1.63. The highest BCUT2D eigenvalue weighted by molar-refractivity contribution is 6.46. The summed E-state index contributed by atoms with van der Waals surface area (Å²) in [5.41, 5.74) is 3.83. The Morgan fingerprint density at radius 3 is 2.59 bits per heavy atom. The molecular formula is C30H29N3O4. The lowest BCUT2D eigenvalue weighted by Gasteiger charge is -2.25. The van der Waals surface area contributed by atoms with Crippen molar-refractivity contribution in [3.05, 3.63) is 101 Å². The van der Waals surface area contributed by atoms with Crippen molar-refractivity contribution in [2.24, 2.45) is 5.92 Å². The topological polar surface area (TPSA) is 95.5 Å². The lowest BCUT2D eigenvalue weighted by molar-refractivity contribution is -0.140. The van der Waals surface area contributed by atoms with Gasteiger partial charge in [-0.1, -0.05) is 32.0 Å². The van der Waals surface area contributed by atoms with Crippen molar-refractivity contribution in [3.8, 4) is 5.75 Å². The van der Waals surface area contributed by atoms with E-state index in [2.05, 4.69) is 23.8 Å². The molecule has 2 aromatic carbocycles. The number of carbonyl (C=O) groups is 2. The molecule has 1 aliphatic rings. The molecule has 188 valence electrons. The number of aromatic nitrogens is 2. The summed E-state index contributed by atoms with van der Waals surface area (Å²) in [4.78, 5) is 35.6. The number of hydrogen-bond donors (Lipinski definition) is 2. The normalized spacial score (nSPS) is 17.2. The number of para-hydroxylation sites is 1. The van der Waals surface area contributed by atoms with Crippen LogP contribution in [0.15, 0.2) is 78.8 Å². The average Bonchev–Trinajstić information content (AvgIpc) is 3.42. The third-order valence-corrected chi connectivity index (χ3v) is 6.58. The van der Waals surface area contributed by atoms with Crippen LogP contribution in [0.2, 0.25) is 0 Å². The fourth-order valence-corrected chi connectivity index (χ4v) is 4.74. The van der Waals surface area contributed by atoms with Crippen molar-refractivity contribution in [1.29, 1.82) is 0 Å². The summed E-state index contributed by atoms with van der Waals surface area (Å²) in [5.74, 6) is -0.470. The smallest absolute Gasteiger partial charge is 0.295 e. The van der Waals surface area contributed by atoms with E-state index in [0.717, 1.165) is 33.3 Å². The van der Waals surface area contributed by atoms with Gasteiger partial charge in [0.1, 0.15) is 11.5 Å². The maximum absolute atomic E-state index is 13.4. The van der Waals surface area contributed by atoms with Gasteiger partial charge in [0.2, 0.25) is 0 Å². The molecular weight excluding hydrogens is 466 g/mol. The van der Waals surface area contributed by atoms with Crippen molar-refractivity contribution < 1.29 is 19.4 Å². The first kappa shape index (κ1) is 24.3. The molecule has 2 N–H and O–H groups in total. The van der Waals surface area contributed by atoms with Gasteiger partial charge in [-0.3, -0.25) is 14.6 Å². The molecule has 0 aliphatic carbocycles. The quantitative estimate of drug-likeness (QED) is 0.200. The number of aryl methyl sites for hydroxylation is 1. The number of ether oxygens (including phenoxy) is 1. The molecule has 0 bridgehead atoms. The number of fused-ring (bicyclic) bond motifs is 1. The van der Waals surface area contributed by atoms with Gasteiger partial charge in [0.05, 0.1) is 18.2 Å². The maximum atomic E-state index is 13.4. The predicted molar refractivity (Wildman–Crippen MR) is 142 cm³/mol. The molecule has 1 atom stereocenters. The number of rotatable bonds is 7. The van der Waals surface area contributed by atoms with Crippen LogP contribution in [0, 0.1) is 12.8 Å². The number of hydrogen-bond acceptors (Lipinski definition) is 5. The Hall–Kier alpha value is -4.39. The van der Waals surface area contributed by atoms with E-state index in [1.54, 1.807) is 30.6 Å². The molecule has 1 amide bonds. The minimum Gasteiger partial charge on any atom is -0.507 e. The van der Waals surface area contributed by atoms with Crippen LogP contribution in [0.25, 0.3) is 16.7 Å². The van der Waals surface area contributed by atoms with Crippen molar-refractivity contribution in [2.45, 2.75) is 33.4 Å². The minimum absolute atomic E-state index is 0.0686. The van der Waals surface area contributed by atoms with Crippen LogP contribution < -0.4 is 4.74 Å². The largest absolute Gasteiger partial charge is 0.507 e. The van der Waals surface area contributed by atoms with Crippen molar-refractivity contribution >= 4 is 28.4 Å². The number of aromatic amines is 1. The van der Waals surface area contributed by atoms with Gasteiger partial charge in [0.25, 0.3) is 11.7 Å². The van der Waals surface area contributed by atoms with E-state index in [1.807, 2.05) is 49.5 Å². The number of H-pyrrole nitrogens is 1. The molecule has 4 aromatic rings. The standard InChI is InChI=1S/C30H29N3O4/c1-18(2)17-37-25-9-8-21(14-19(25)3)28(34)26-27(23-15-32-24-7-5-4-6-22(23)24)33(30(36)29(26)35)16-20-10-12-31-13-11-20/h4-15,18,27,32,34H,16-17H2,1-3H3/b28-26+. The zero-order valence-corrected chi connectivity index (χ0v) is 21.1. The Morgan fingerprint density at radius 2 is 1.86 bits per heavy atom. The molecule has 1 fully saturated rings. The van der Waals surface area contributed by atoms with Crippen LogP contribution in [0.4, 0.5) is 0 Å². The van der Waals surface area contributed by atoms with Gasteiger partial charge in [0, 0.05) is 47.2 Å². The fraction of sp³-hybridized carbons (Fsp3) is 0.233. The van der Waals surface area contributed by atoms with Crippen molar-refractivity contribution in [3.63, 3.8) is 0 Å². The van der Waals surface area contributed by atoms with E-state index in [-0.39, 0.29) is 17.9 Å². The highest BCUT2D eigenvalue weighted by Crippen LogP contribution is 2.43. The number of aliphatic hydroxyl groups excluding tert-OH is 1. The van der Waals surface area contributed by atoms with E-state index in [1.165, 1.54) is 4.90 Å². The minimum atomic E-state index is -0.763. The second-order valence-electron chi connectivity index (χ2n) is 9.76. The first-order chi connectivity index (χ1) is 17.8. The zero-order chi connectivity index (χ0) is 26.1.